The molecule has 1 saturated carbocycles. The lowest BCUT2D eigenvalue weighted by Crippen LogP contribution is -2.07. The van der Waals surface area contributed by atoms with Crippen molar-refractivity contribution in [2.75, 3.05) is 0 Å². The van der Waals surface area contributed by atoms with Crippen LogP contribution in [0.15, 0.2) is 36.4 Å². The predicted octanol–water partition coefficient (Wildman–Crippen LogP) is 3.72. The van der Waals surface area contributed by atoms with Crippen LogP contribution in [0.1, 0.15) is 35.7 Å². The fraction of sp³-hybridized carbons (Fsp3) is 0.190. The van der Waals surface area contributed by atoms with Gasteiger partial charge in [0.05, 0.1) is 0 Å². The Kier molecular flexibility index (Phi) is 3.36. The first-order chi connectivity index (χ1) is 14.5. The molecule has 0 saturated heterocycles. The van der Waals surface area contributed by atoms with Crippen LogP contribution >= 0.6 is 0 Å². The summed E-state index contributed by atoms with van der Waals surface area (Å²) in [6.45, 7) is 1.39. The van der Waals surface area contributed by atoms with E-state index in [-0.39, 0.29) is 23.1 Å². The molecule has 0 radical (unpaired) electrons. The van der Waals surface area contributed by atoms with Crippen molar-refractivity contribution in [3.05, 3.63) is 59.7 Å². The van der Waals surface area contributed by atoms with E-state index in [1.54, 1.807) is 12.1 Å². The molecule has 4 heterocycles. The first kappa shape index (κ1) is 17.1. The van der Waals surface area contributed by atoms with Crippen LogP contribution in [-0.2, 0) is 0 Å². The molecule has 9 heteroatoms. The second-order valence-electron chi connectivity index (χ2n) is 7.58. The van der Waals surface area contributed by atoms with E-state index in [1.807, 2.05) is 10.8 Å². The van der Waals surface area contributed by atoms with Gasteiger partial charge in [0.15, 0.2) is 11.4 Å². The molecule has 1 fully saturated rings. The molecule has 0 bridgehead atoms. The van der Waals surface area contributed by atoms with Crippen LogP contribution in [0.25, 0.3) is 34.5 Å². The molecule has 3 aromatic heterocycles. The molecule has 30 heavy (non-hydrogen) atoms. The number of hydrogen-bond donors (Lipinski definition) is 0. The third-order valence-electron chi connectivity index (χ3n) is 5.60. The Morgan fingerprint density at radius 3 is 2.83 bits per heavy atom. The standard InChI is InChI=1S/C21H14F2N6O/c1-10(30)20-26-25-17-5-4-16(27-29(17)20)19-18(13-3-2-12(22)9-15(13)23)24-21-14-8-11(14)6-7-28(19)21/h2-7,9,11,14H,8H2,1H3/t11?,14-/m0/s1. The molecule has 1 aliphatic carbocycles. The van der Waals surface area contributed by atoms with Crippen LogP contribution in [0, 0.1) is 17.6 Å². The Morgan fingerprint density at radius 2 is 2.03 bits per heavy atom. The van der Waals surface area contributed by atoms with E-state index < -0.39 is 11.6 Å². The van der Waals surface area contributed by atoms with E-state index in [0.717, 1.165) is 18.3 Å². The van der Waals surface area contributed by atoms with Crippen LogP contribution in [0.3, 0.4) is 0 Å². The van der Waals surface area contributed by atoms with E-state index in [9.17, 15) is 13.6 Å². The summed E-state index contributed by atoms with van der Waals surface area (Å²) >= 11 is 0. The SMILES string of the molecule is CC(=O)c1nnc2ccc(-c3c(-c4ccc(F)cc4F)nc4n3C=CC3C[C@H]43)nn12. The number of aromatic nitrogens is 6. The molecule has 2 atom stereocenters. The Balaban J connectivity index is 1.64. The number of hydrogen-bond acceptors (Lipinski definition) is 5. The Labute approximate surface area is 168 Å². The van der Waals surface area contributed by atoms with Gasteiger partial charge in [-0.15, -0.1) is 10.2 Å². The van der Waals surface area contributed by atoms with Crippen molar-refractivity contribution in [1.29, 1.82) is 0 Å². The summed E-state index contributed by atoms with van der Waals surface area (Å²) in [5, 5.41) is 12.4. The molecular formula is C21H14F2N6O. The number of rotatable bonds is 3. The van der Waals surface area contributed by atoms with Gasteiger partial charge in [-0.2, -0.15) is 9.61 Å². The summed E-state index contributed by atoms with van der Waals surface area (Å²) in [6, 6.07) is 6.86. The summed E-state index contributed by atoms with van der Waals surface area (Å²) in [5.74, 6) is 0.0322. The third-order valence-corrected chi connectivity index (χ3v) is 5.60. The number of carbonyl (C=O) groups excluding carboxylic acids is 1. The van der Waals surface area contributed by atoms with Gasteiger partial charge in [0, 0.05) is 30.7 Å². The van der Waals surface area contributed by atoms with Crippen LogP contribution < -0.4 is 0 Å². The van der Waals surface area contributed by atoms with Gasteiger partial charge in [-0.05, 0) is 36.6 Å². The van der Waals surface area contributed by atoms with E-state index in [0.29, 0.717) is 28.6 Å². The van der Waals surface area contributed by atoms with Crippen molar-refractivity contribution in [2.24, 2.45) is 5.92 Å². The van der Waals surface area contributed by atoms with Gasteiger partial charge in [-0.25, -0.2) is 13.8 Å². The van der Waals surface area contributed by atoms with E-state index >= 15 is 0 Å². The smallest absolute Gasteiger partial charge is 0.220 e. The van der Waals surface area contributed by atoms with Gasteiger partial charge in [0.25, 0.3) is 0 Å². The molecule has 0 N–H and O–H groups in total. The van der Waals surface area contributed by atoms with Crippen molar-refractivity contribution in [2.45, 2.75) is 19.3 Å². The minimum absolute atomic E-state index is 0.109. The quantitative estimate of drug-likeness (QED) is 0.487. The van der Waals surface area contributed by atoms with E-state index in [1.165, 1.54) is 23.6 Å². The number of benzene rings is 1. The monoisotopic (exact) mass is 404 g/mol. The number of allylic oxidation sites excluding steroid dienone is 1. The molecule has 0 amide bonds. The molecule has 1 aromatic carbocycles. The molecule has 0 spiro atoms. The summed E-state index contributed by atoms with van der Waals surface area (Å²) in [5.41, 5.74) is 2.04. The highest BCUT2D eigenvalue weighted by Crippen LogP contribution is 2.52. The molecule has 4 aromatic rings. The predicted molar refractivity (Wildman–Crippen MR) is 104 cm³/mol. The minimum atomic E-state index is -0.696. The molecule has 1 unspecified atom stereocenters. The summed E-state index contributed by atoms with van der Waals surface area (Å²) < 4.78 is 31.5. The lowest BCUT2D eigenvalue weighted by molar-refractivity contribution is 0.100. The summed E-state index contributed by atoms with van der Waals surface area (Å²) in [6.07, 6.45) is 5.01. The van der Waals surface area contributed by atoms with Crippen LogP contribution in [0.5, 0.6) is 0 Å². The highest BCUT2D eigenvalue weighted by molar-refractivity contribution is 5.91. The van der Waals surface area contributed by atoms with Crippen molar-refractivity contribution >= 4 is 17.6 Å². The van der Waals surface area contributed by atoms with Gasteiger partial charge in [0.1, 0.15) is 34.5 Å². The van der Waals surface area contributed by atoms with Gasteiger partial charge >= 0.3 is 0 Å². The third kappa shape index (κ3) is 2.38. The molecule has 1 aliphatic heterocycles. The van der Waals surface area contributed by atoms with Crippen molar-refractivity contribution in [3.63, 3.8) is 0 Å². The second-order valence-corrected chi connectivity index (χ2v) is 7.58. The van der Waals surface area contributed by atoms with E-state index in [2.05, 4.69) is 21.4 Å². The van der Waals surface area contributed by atoms with Crippen molar-refractivity contribution in [1.82, 2.24) is 29.4 Å². The molecule has 7 nitrogen and oxygen atoms in total. The van der Waals surface area contributed by atoms with Gasteiger partial charge in [0.2, 0.25) is 5.82 Å². The number of halogens is 2. The molecule has 6 rings (SSSR count). The Hall–Kier alpha value is -3.75. The van der Waals surface area contributed by atoms with Crippen LogP contribution in [-0.4, -0.2) is 35.1 Å². The average molecular weight is 404 g/mol. The van der Waals surface area contributed by atoms with Crippen LogP contribution in [0.4, 0.5) is 8.78 Å². The van der Waals surface area contributed by atoms with E-state index in [4.69, 9.17) is 4.98 Å². The van der Waals surface area contributed by atoms with Gasteiger partial charge in [-0.1, -0.05) is 6.08 Å². The molecular weight excluding hydrogens is 390 g/mol. The normalized spacial score (nSPS) is 19.0. The van der Waals surface area contributed by atoms with Gasteiger partial charge in [-0.3, -0.25) is 4.79 Å². The average Bonchev–Trinajstić information content (AvgIpc) is 3.23. The maximum absolute atomic E-state index is 14.7. The molecule has 2 aliphatic rings. The topological polar surface area (TPSA) is 78.0 Å². The van der Waals surface area contributed by atoms with Gasteiger partial charge < -0.3 is 4.57 Å². The largest absolute Gasteiger partial charge is 0.301 e. The zero-order valence-corrected chi connectivity index (χ0v) is 15.8. The first-order valence-electron chi connectivity index (χ1n) is 9.51. The second kappa shape index (κ2) is 5.88. The maximum atomic E-state index is 14.7. The van der Waals surface area contributed by atoms with Crippen molar-refractivity contribution in [3.8, 4) is 22.6 Å². The number of Topliss-reactive ketones (excluding diaryl/α,β-unsaturated/α-hetero) is 1. The first-order valence-corrected chi connectivity index (χ1v) is 9.51. The number of ketones is 1. The Bertz CT molecular complexity index is 1400. The lowest BCUT2D eigenvalue weighted by atomic mass is 10.1. The number of fused-ring (bicyclic) bond motifs is 4. The minimum Gasteiger partial charge on any atom is -0.301 e. The lowest BCUT2D eigenvalue weighted by Gasteiger charge is -2.11. The number of imidazole rings is 1. The van der Waals surface area contributed by atoms with Crippen molar-refractivity contribution < 1.29 is 13.6 Å². The molecule has 148 valence electrons. The Morgan fingerprint density at radius 1 is 1.17 bits per heavy atom. The summed E-state index contributed by atoms with van der Waals surface area (Å²) in [7, 11) is 0. The summed E-state index contributed by atoms with van der Waals surface area (Å²) in [4.78, 5) is 16.6. The zero-order chi connectivity index (χ0) is 20.6. The highest BCUT2D eigenvalue weighted by atomic mass is 19.1. The fourth-order valence-corrected chi connectivity index (χ4v) is 4.03. The number of carbonyl (C=O) groups is 1. The fourth-order valence-electron chi connectivity index (χ4n) is 4.03. The zero-order valence-electron chi connectivity index (χ0n) is 15.8. The maximum Gasteiger partial charge on any atom is 0.220 e. The number of nitrogens with zero attached hydrogens (tertiary/aromatic N) is 6. The van der Waals surface area contributed by atoms with Crippen LogP contribution in [0.2, 0.25) is 0 Å². The highest BCUT2D eigenvalue weighted by Gasteiger charge is 2.43.